The molecule has 4 rings (SSSR count). The van der Waals surface area contributed by atoms with Gasteiger partial charge in [0.25, 0.3) is 0 Å². The fraction of sp³-hybridized carbons (Fsp3) is 0.688. The van der Waals surface area contributed by atoms with Crippen LogP contribution in [0, 0.1) is 12.3 Å². The number of hydrogen-bond acceptors (Lipinski definition) is 6. The van der Waals surface area contributed by atoms with E-state index in [-0.39, 0.29) is 5.41 Å². The minimum absolute atomic E-state index is 0.170. The summed E-state index contributed by atoms with van der Waals surface area (Å²) in [6.07, 6.45) is 5.12. The maximum Gasteiger partial charge on any atom is 0.165 e. The molecule has 2 fully saturated rings. The van der Waals surface area contributed by atoms with Gasteiger partial charge in [-0.25, -0.2) is 4.98 Å². The van der Waals surface area contributed by atoms with Crippen molar-refractivity contribution in [3.63, 3.8) is 0 Å². The number of aromatic nitrogens is 4. The van der Waals surface area contributed by atoms with E-state index in [4.69, 9.17) is 9.47 Å². The summed E-state index contributed by atoms with van der Waals surface area (Å²) in [7, 11) is 0. The SMILES string of the molecule is CCO[C@@H]1C[C@@H](Nc2cc3nncn3c(C)n2)C12CCOCC2. The number of anilines is 1. The van der Waals surface area contributed by atoms with Crippen LogP contribution < -0.4 is 5.32 Å². The summed E-state index contributed by atoms with van der Waals surface area (Å²) in [6.45, 7) is 6.44. The van der Waals surface area contributed by atoms with Crippen molar-refractivity contribution in [2.24, 2.45) is 5.41 Å². The Balaban J connectivity index is 1.57. The van der Waals surface area contributed by atoms with E-state index < -0.39 is 0 Å². The summed E-state index contributed by atoms with van der Waals surface area (Å²) in [5.74, 6) is 1.76. The predicted molar refractivity (Wildman–Crippen MR) is 85.4 cm³/mol. The quantitative estimate of drug-likeness (QED) is 0.927. The summed E-state index contributed by atoms with van der Waals surface area (Å²) in [4.78, 5) is 4.64. The minimum atomic E-state index is 0.170. The Morgan fingerprint density at radius 3 is 3.04 bits per heavy atom. The Bertz CT molecular complexity index is 695. The van der Waals surface area contributed by atoms with Crippen LogP contribution in [0.5, 0.6) is 0 Å². The number of rotatable bonds is 4. The van der Waals surface area contributed by atoms with Gasteiger partial charge in [0.05, 0.1) is 6.10 Å². The molecule has 1 aliphatic carbocycles. The molecule has 0 aromatic carbocycles. The molecule has 0 bridgehead atoms. The van der Waals surface area contributed by atoms with Crippen molar-refractivity contribution < 1.29 is 9.47 Å². The topological polar surface area (TPSA) is 73.6 Å². The Kier molecular flexibility index (Phi) is 3.69. The van der Waals surface area contributed by atoms with Crippen LogP contribution in [-0.2, 0) is 9.47 Å². The van der Waals surface area contributed by atoms with Gasteiger partial charge in [0.1, 0.15) is 18.0 Å². The van der Waals surface area contributed by atoms with Crippen LogP contribution in [0.15, 0.2) is 12.4 Å². The van der Waals surface area contributed by atoms with Crippen molar-refractivity contribution in [1.82, 2.24) is 19.6 Å². The van der Waals surface area contributed by atoms with Gasteiger partial charge in [0, 0.05) is 37.3 Å². The maximum absolute atomic E-state index is 5.98. The lowest BCUT2D eigenvalue weighted by atomic mass is 9.57. The second-order valence-electron chi connectivity index (χ2n) is 6.47. The lowest BCUT2D eigenvalue weighted by Crippen LogP contribution is -2.63. The highest BCUT2D eigenvalue weighted by molar-refractivity contribution is 5.51. The first-order valence-electron chi connectivity index (χ1n) is 8.36. The van der Waals surface area contributed by atoms with E-state index in [1.807, 2.05) is 17.4 Å². The molecule has 23 heavy (non-hydrogen) atoms. The molecule has 1 saturated carbocycles. The molecule has 7 nitrogen and oxygen atoms in total. The maximum atomic E-state index is 5.98. The number of fused-ring (bicyclic) bond motifs is 1. The smallest absolute Gasteiger partial charge is 0.165 e. The molecule has 0 unspecified atom stereocenters. The Labute approximate surface area is 135 Å². The zero-order valence-electron chi connectivity index (χ0n) is 13.7. The number of nitrogens with zero attached hydrogens (tertiary/aromatic N) is 4. The average molecular weight is 317 g/mol. The zero-order chi connectivity index (χ0) is 15.9. The summed E-state index contributed by atoms with van der Waals surface area (Å²) >= 11 is 0. The molecule has 2 aromatic heterocycles. The largest absolute Gasteiger partial charge is 0.381 e. The fourth-order valence-corrected chi connectivity index (χ4v) is 4.03. The molecule has 2 aliphatic rings. The van der Waals surface area contributed by atoms with Gasteiger partial charge in [-0.1, -0.05) is 0 Å². The van der Waals surface area contributed by atoms with Gasteiger partial charge in [-0.2, -0.15) is 0 Å². The third-order valence-corrected chi connectivity index (χ3v) is 5.37. The minimum Gasteiger partial charge on any atom is -0.381 e. The molecule has 1 N–H and O–H groups in total. The van der Waals surface area contributed by atoms with Gasteiger partial charge < -0.3 is 14.8 Å². The molecule has 1 aliphatic heterocycles. The van der Waals surface area contributed by atoms with Crippen LogP contribution in [-0.4, -0.2) is 51.5 Å². The average Bonchev–Trinajstić information content (AvgIpc) is 3.04. The molecule has 124 valence electrons. The summed E-state index contributed by atoms with van der Waals surface area (Å²) in [6, 6.07) is 2.33. The van der Waals surface area contributed by atoms with Crippen LogP contribution in [0.25, 0.3) is 5.65 Å². The van der Waals surface area contributed by atoms with E-state index in [0.717, 1.165) is 56.4 Å². The van der Waals surface area contributed by atoms with Crippen LogP contribution in [0.1, 0.15) is 32.0 Å². The highest BCUT2D eigenvalue weighted by Gasteiger charge is 2.56. The molecule has 2 atom stereocenters. The molecule has 0 radical (unpaired) electrons. The van der Waals surface area contributed by atoms with Crippen LogP contribution in [0.2, 0.25) is 0 Å². The highest BCUT2D eigenvalue weighted by atomic mass is 16.5. The summed E-state index contributed by atoms with van der Waals surface area (Å²) in [5, 5.41) is 11.7. The lowest BCUT2D eigenvalue weighted by molar-refractivity contribution is -0.159. The van der Waals surface area contributed by atoms with Gasteiger partial charge in [-0.3, -0.25) is 4.40 Å². The second-order valence-corrected chi connectivity index (χ2v) is 6.47. The first-order valence-corrected chi connectivity index (χ1v) is 8.36. The number of ether oxygens (including phenoxy) is 2. The molecule has 1 spiro atoms. The van der Waals surface area contributed by atoms with Crippen molar-refractivity contribution in [3.05, 3.63) is 18.2 Å². The summed E-state index contributed by atoms with van der Waals surface area (Å²) < 4.78 is 13.4. The fourth-order valence-electron chi connectivity index (χ4n) is 4.03. The Morgan fingerprint density at radius 2 is 2.26 bits per heavy atom. The molecule has 3 heterocycles. The van der Waals surface area contributed by atoms with E-state index in [0.29, 0.717) is 12.1 Å². The standard InChI is InChI=1S/C16H23N5O2/c1-3-23-13-8-12(16(13)4-6-22-7-5-16)19-14-9-15-20-17-10-21(15)11(2)18-14/h9-10,12-13,19H,3-8H2,1-2H3/t12-,13-/m1/s1. The van der Waals surface area contributed by atoms with Gasteiger partial charge in [-0.15, -0.1) is 10.2 Å². The molecular weight excluding hydrogens is 294 g/mol. The van der Waals surface area contributed by atoms with E-state index >= 15 is 0 Å². The number of nitrogens with one attached hydrogen (secondary N) is 1. The van der Waals surface area contributed by atoms with Gasteiger partial charge in [-0.05, 0) is 33.1 Å². The molecule has 0 amide bonds. The van der Waals surface area contributed by atoms with Crippen molar-refractivity contribution in [2.75, 3.05) is 25.1 Å². The van der Waals surface area contributed by atoms with E-state index in [1.54, 1.807) is 6.33 Å². The first kappa shape index (κ1) is 14.8. The van der Waals surface area contributed by atoms with Crippen LogP contribution >= 0.6 is 0 Å². The van der Waals surface area contributed by atoms with Crippen molar-refractivity contribution in [3.8, 4) is 0 Å². The van der Waals surface area contributed by atoms with Gasteiger partial charge in [0.2, 0.25) is 0 Å². The second kappa shape index (κ2) is 5.72. The third-order valence-electron chi connectivity index (χ3n) is 5.37. The van der Waals surface area contributed by atoms with Crippen molar-refractivity contribution in [1.29, 1.82) is 0 Å². The third kappa shape index (κ3) is 2.38. The monoisotopic (exact) mass is 317 g/mol. The summed E-state index contributed by atoms with van der Waals surface area (Å²) in [5.41, 5.74) is 0.991. The van der Waals surface area contributed by atoms with E-state index in [9.17, 15) is 0 Å². The zero-order valence-corrected chi connectivity index (χ0v) is 13.7. The normalized spacial score (nSPS) is 26.3. The number of hydrogen-bond donors (Lipinski definition) is 1. The highest BCUT2D eigenvalue weighted by Crippen LogP contribution is 2.51. The molecular formula is C16H23N5O2. The first-order chi connectivity index (χ1) is 11.2. The van der Waals surface area contributed by atoms with E-state index in [1.165, 1.54) is 0 Å². The lowest BCUT2D eigenvalue weighted by Gasteiger charge is -2.57. The molecule has 2 aromatic rings. The van der Waals surface area contributed by atoms with Gasteiger partial charge in [0.15, 0.2) is 5.65 Å². The molecule has 1 saturated heterocycles. The Hall–Kier alpha value is -1.73. The predicted octanol–water partition coefficient (Wildman–Crippen LogP) is 1.82. The Morgan fingerprint density at radius 1 is 1.43 bits per heavy atom. The molecule has 7 heteroatoms. The van der Waals surface area contributed by atoms with Crippen LogP contribution in [0.3, 0.4) is 0 Å². The van der Waals surface area contributed by atoms with E-state index in [2.05, 4.69) is 27.4 Å². The van der Waals surface area contributed by atoms with Crippen molar-refractivity contribution in [2.45, 2.75) is 45.3 Å². The van der Waals surface area contributed by atoms with Gasteiger partial charge >= 0.3 is 0 Å². The van der Waals surface area contributed by atoms with Crippen LogP contribution in [0.4, 0.5) is 5.82 Å². The van der Waals surface area contributed by atoms with Crippen molar-refractivity contribution >= 4 is 11.5 Å². The number of aryl methyl sites for hydroxylation is 1.